The molecule has 0 amide bonds. The maximum atomic E-state index is 8.36. The second-order valence-corrected chi connectivity index (χ2v) is 7.37. The van der Waals surface area contributed by atoms with Gasteiger partial charge in [-0.05, 0) is 52.5 Å². The summed E-state index contributed by atoms with van der Waals surface area (Å²) in [6.45, 7) is -8.12. The van der Waals surface area contributed by atoms with Crippen molar-refractivity contribution >= 4 is 0 Å². The molecule has 0 aliphatic heterocycles. The first-order valence-electron chi connectivity index (χ1n) is 15.6. The van der Waals surface area contributed by atoms with Crippen LogP contribution in [0.4, 0.5) is 0 Å². The number of aryl methyl sites for hydroxylation is 1. The second-order valence-electron chi connectivity index (χ2n) is 7.37. The summed E-state index contributed by atoms with van der Waals surface area (Å²) in [6.07, 6.45) is 3.02. The quantitative estimate of drug-likeness (QED) is 0.185. The molecule has 177 valence electrons. The molecule has 0 aliphatic carbocycles. The van der Waals surface area contributed by atoms with Crippen LogP contribution in [0.5, 0.6) is 0 Å². The van der Waals surface area contributed by atoms with Crippen LogP contribution < -0.4 is 0 Å². The van der Waals surface area contributed by atoms with Crippen LogP contribution >= 0.6 is 0 Å². The van der Waals surface area contributed by atoms with Gasteiger partial charge in [-0.15, -0.1) is 71.8 Å². The molecule has 0 fully saturated rings. The Hall–Kier alpha value is -3.39. The van der Waals surface area contributed by atoms with Gasteiger partial charge in [-0.25, -0.2) is 0 Å². The zero-order valence-electron chi connectivity index (χ0n) is 28.6. The van der Waals surface area contributed by atoms with E-state index in [-0.39, 0.29) is 31.2 Å². The molecule has 0 N–H and O–H groups in total. The third-order valence-corrected chi connectivity index (χ3v) is 4.98. The van der Waals surface area contributed by atoms with Gasteiger partial charge in [0, 0.05) is 46.2 Å². The molecule has 3 heteroatoms. The van der Waals surface area contributed by atoms with Crippen LogP contribution in [0.3, 0.4) is 0 Å². The summed E-state index contributed by atoms with van der Waals surface area (Å²) in [7, 11) is 0. The van der Waals surface area contributed by atoms with Crippen LogP contribution in [0, 0.1) is 19.0 Å². The van der Waals surface area contributed by atoms with E-state index in [0.29, 0.717) is 11.3 Å². The van der Waals surface area contributed by atoms with Gasteiger partial charge in [0.15, 0.2) is 0 Å². The summed E-state index contributed by atoms with van der Waals surface area (Å²) >= 11 is 0. The number of pyridine rings is 2. The monoisotopic (exact) mass is 643 g/mol. The van der Waals surface area contributed by atoms with E-state index in [1.54, 1.807) is 48.7 Å². The summed E-state index contributed by atoms with van der Waals surface area (Å²) in [5.74, 6) is -2.72. The van der Waals surface area contributed by atoms with Gasteiger partial charge < -0.3 is 9.97 Å². The van der Waals surface area contributed by atoms with Gasteiger partial charge in [0.1, 0.15) is 0 Å². The van der Waals surface area contributed by atoms with Gasteiger partial charge in [-0.3, -0.25) is 0 Å². The van der Waals surface area contributed by atoms with Gasteiger partial charge in [-0.1, -0.05) is 56.2 Å². The zero-order valence-corrected chi connectivity index (χ0v) is 21.0. The Morgan fingerprint density at radius 2 is 1.49 bits per heavy atom. The minimum atomic E-state index is -3.01. The predicted octanol–water partition coefficient (Wildman–Crippen LogP) is 8.19. The second kappa shape index (κ2) is 12.9. The number of nitrogens with zero attached hydrogens (tertiary/aromatic N) is 2. The van der Waals surface area contributed by atoms with E-state index < -0.39 is 26.4 Å². The first-order valence-corrected chi connectivity index (χ1v) is 10.6. The van der Waals surface area contributed by atoms with Crippen LogP contribution in [-0.2, 0) is 20.1 Å². The number of hydrogen-bond donors (Lipinski definition) is 0. The summed E-state index contributed by atoms with van der Waals surface area (Å²) in [4.78, 5) is 8.46. The van der Waals surface area contributed by atoms with Crippen molar-refractivity contribution in [3.8, 4) is 33.6 Å². The summed E-state index contributed by atoms with van der Waals surface area (Å²) < 4.78 is 76.1. The maximum Gasteiger partial charge on any atom is 0.0347 e. The molecule has 0 saturated heterocycles. The average Bonchev–Trinajstić information content (AvgIpc) is 3.00. The van der Waals surface area contributed by atoms with Gasteiger partial charge in [0.05, 0.1) is 0 Å². The summed E-state index contributed by atoms with van der Waals surface area (Å²) in [5.41, 5.74) is 4.62. The molecule has 3 aromatic carbocycles. The molecule has 5 rings (SSSR count). The van der Waals surface area contributed by atoms with Crippen molar-refractivity contribution in [3.05, 3.63) is 133 Å². The molecular weight excluding hydrogens is 605 g/mol. The van der Waals surface area contributed by atoms with Gasteiger partial charge in [-0.2, -0.15) is 0 Å². The van der Waals surface area contributed by atoms with Crippen molar-refractivity contribution in [3.63, 3.8) is 0 Å². The van der Waals surface area contributed by atoms with Crippen LogP contribution in [-0.4, -0.2) is 9.97 Å². The Morgan fingerprint density at radius 1 is 0.743 bits per heavy atom. The fraction of sp³-hybridized carbons (Fsp3) is 0.125. The Kier molecular flexibility index (Phi) is 5.74. The third kappa shape index (κ3) is 7.29. The number of benzene rings is 3. The summed E-state index contributed by atoms with van der Waals surface area (Å²) in [5, 5.41) is 0. The van der Waals surface area contributed by atoms with Gasteiger partial charge >= 0.3 is 0 Å². The van der Waals surface area contributed by atoms with E-state index in [1.165, 1.54) is 18.3 Å². The predicted molar refractivity (Wildman–Crippen MR) is 141 cm³/mol. The van der Waals surface area contributed by atoms with Crippen molar-refractivity contribution in [2.75, 3.05) is 0 Å². The molecule has 2 heterocycles. The molecule has 0 unspecified atom stereocenters. The molecule has 35 heavy (non-hydrogen) atoms. The maximum absolute atomic E-state index is 8.36. The normalized spacial score (nSPS) is 15.8. The zero-order chi connectivity index (χ0) is 32.2. The smallest absolute Gasteiger partial charge is 0.0347 e. The molecule has 0 atom stereocenters. The molecule has 1 radical (unpaired) electrons. The first kappa shape index (κ1) is 15.6. The van der Waals surface area contributed by atoms with Crippen LogP contribution in [0.25, 0.3) is 33.6 Å². The van der Waals surface area contributed by atoms with Gasteiger partial charge in [0.2, 0.25) is 0 Å². The third-order valence-electron chi connectivity index (χ3n) is 4.98. The van der Waals surface area contributed by atoms with E-state index in [2.05, 4.69) is 22.1 Å². The topological polar surface area (TPSA) is 25.8 Å². The molecule has 0 aliphatic rings. The van der Waals surface area contributed by atoms with Crippen molar-refractivity contribution in [1.82, 2.24) is 9.97 Å². The molecule has 0 bridgehead atoms. The molecule has 0 spiro atoms. The molecule has 2 nitrogen and oxygen atoms in total. The minimum Gasteiger partial charge on any atom is -0.305 e. The fourth-order valence-electron chi connectivity index (χ4n) is 3.27. The molecular formula is C32H28IrN2-2. The number of aromatic nitrogens is 2. The van der Waals surface area contributed by atoms with Crippen molar-refractivity contribution in [1.29, 1.82) is 0 Å². The van der Waals surface area contributed by atoms with Crippen LogP contribution in [0.1, 0.15) is 44.4 Å². The largest absolute Gasteiger partial charge is 0.305 e. The van der Waals surface area contributed by atoms with E-state index in [4.69, 9.17) is 13.7 Å². The number of hydrogen-bond acceptors (Lipinski definition) is 2. The molecule has 2 aromatic heterocycles. The van der Waals surface area contributed by atoms with E-state index in [1.807, 2.05) is 42.5 Å². The van der Waals surface area contributed by atoms with E-state index in [9.17, 15) is 0 Å². The first-order chi connectivity index (χ1) is 20.6. The van der Waals surface area contributed by atoms with E-state index >= 15 is 0 Å². The Labute approximate surface area is 236 Å². The van der Waals surface area contributed by atoms with Crippen LogP contribution in [0.15, 0.2) is 109 Å². The minimum absolute atomic E-state index is 0. The fourth-order valence-corrected chi connectivity index (χ4v) is 3.27. The van der Waals surface area contributed by atoms with Gasteiger partial charge in [0.25, 0.3) is 0 Å². The van der Waals surface area contributed by atoms with Crippen LogP contribution in [0.2, 0.25) is 0 Å². The van der Waals surface area contributed by atoms with Crippen molar-refractivity contribution in [2.24, 2.45) is 0 Å². The average molecular weight is 643 g/mol. The Morgan fingerprint density at radius 3 is 2.11 bits per heavy atom. The standard InChI is InChI=1S/C20H18N.C12H10N.Ir/c1-15(2)17-9-6-10-18(13-17)19-11-12-21-20(14-19)16-7-4-3-5-8-16;1-10-7-8-12(13-9-10)11-5-3-2-4-6-11;/h3-7,9-15H,1-2H3;2-5,7-9H,1H3;/q2*-1;/i1D3,2D3,15D;1D3;. The Balaban J connectivity index is 0.000000276. The van der Waals surface area contributed by atoms with Crippen molar-refractivity contribution in [2.45, 2.75) is 26.4 Å². The summed E-state index contributed by atoms with van der Waals surface area (Å²) in [6, 6.07) is 34.0. The van der Waals surface area contributed by atoms with E-state index in [0.717, 1.165) is 22.4 Å². The molecule has 5 aromatic rings. The SMILES string of the molecule is [2H]C([2H])([2H])C([2H])(c1cccc(-c2ccnc(-c3[c-]cccc3)c2)c1)C([2H])([2H])[2H].[2H]C([2H])([2H])c1ccc(-c2[c-]cccc2)nc1.[Ir]. The molecule has 0 saturated carbocycles. The van der Waals surface area contributed by atoms with Crippen molar-refractivity contribution < 1.29 is 33.8 Å². The Bertz CT molecular complexity index is 1660. The number of rotatable bonds is 4.